The number of halogens is 3. The minimum atomic E-state index is -4.68. The summed E-state index contributed by atoms with van der Waals surface area (Å²) in [5, 5.41) is 8.66. The van der Waals surface area contributed by atoms with Crippen molar-refractivity contribution in [1.82, 2.24) is 9.78 Å². The van der Waals surface area contributed by atoms with Crippen LogP contribution in [0.25, 0.3) is 22.4 Å². The summed E-state index contributed by atoms with van der Waals surface area (Å²) in [6.07, 6.45) is -4.68. The fourth-order valence-electron chi connectivity index (χ4n) is 2.92. The summed E-state index contributed by atoms with van der Waals surface area (Å²) < 4.78 is 68.3. The molecule has 0 saturated carbocycles. The molecule has 2 N–H and O–H groups in total. The number of hydrogen-bond donors (Lipinski definition) is 1. The number of rotatable bonds is 6. The maximum atomic E-state index is 13.2. The van der Waals surface area contributed by atoms with E-state index in [1.165, 1.54) is 18.2 Å². The molecule has 31 heavy (non-hydrogen) atoms. The minimum absolute atomic E-state index is 0.0589. The van der Waals surface area contributed by atoms with Crippen LogP contribution in [0.4, 0.5) is 13.2 Å². The van der Waals surface area contributed by atoms with Crippen molar-refractivity contribution in [2.75, 3.05) is 6.61 Å². The third kappa shape index (κ3) is 5.30. The van der Waals surface area contributed by atoms with Gasteiger partial charge in [-0.15, -0.1) is 0 Å². The quantitative estimate of drug-likeness (QED) is 0.576. The molecular weight excluding hydrogens is 435 g/mol. The Morgan fingerprint density at radius 2 is 1.71 bits per heavy atom. The molecule has 11 heteroatoms. The molecule has 0 spiro atoms. The lowest BCUT2D eigenvalue weighted by molar-refractivity contribution is -0.146. The minimum Gasteiger partial charge on any atom is -0.465 e. The van der Waals surface area contributed by atoms with Gasteiger partial charge in [0, 0.05) is 0 Å². The molecule has 0 atom stereocenters. The lowest BCUT2D eigenvalue weighted by Gasteiger charge is -2.09. The Morgan fingerprint density at radius 1 is 1.06 bits per heavy atom. The first-order valence-corrected chi connectivity index (χ1v) is 10.6. The van der Waals surface area contributed by atoms with Crippen LogP contribution in [0.15, 0.2) is 59.5 Å². The maximum Gasteiger partial charge on any atom is 0.435 e. The number of nitrogens with two attached hydrogens (primary N) is 1. The Balaban J connectivity index is 1.98. The van der Waals surface area contributed by atoms with Gasteiger partial charge in [-0.1, -0.05) is 36.4 Å². The summed E-state index contributed by atoms with van der Waals surface area (Å²) in [4.78, 5) is 11.7. The second kappa shape index (κ2) is 8.52. The first kappa shape index (κ1) is 22.5. The smallest absolute Gasteiger partial charge is 0.435 e. The molecule has 0 aliphatic carbocycles. The molecule has 0 radical (unpaired) electrons. The molecule has 0 unspecified atom stereocenters. The van der Waals surface area contributed by atoms with Crippen molar-refractivity contribution in [3.05, 3.63) is 60.3 Å². The van der Waals surface area contributed by atoms with Crippen LogP contribution in [-0.4, -0.2) is 30.8 Å². The van der Waals surface area contributed by atoms with E-state index in [4.69, 9.17) is 9.88 Å². The second-order valence-corrected chi connectivity index (χ2v) is 8.09. The molecule has 2 aromatic carbocycles. The summed E-state index contributed by atoms with van der Waals surface area (Å²) in [5.74, 6) is -0.711. The van der Waals surface area contributed by atoms with Gasteiger partial charge in [0.1, 0.15) is 6.54 Å². The van der Waals surface area contributed by atoms with Crippen molar-refractivity contribution in [3.63, 3.8) is 0 Å². The summed E-state index contributed by atoms with van der Waals surface area (Å²) >= 11 is 0. The Labute approximate surface area is 176 Å². The third-order valence-corrected chi connectivity index (χ3v) is 5.24. The van der Waals surface area contributed by atoms with E-state index in [0.29, 0.717) is 16.7 Å². The summed E-state index contributed by atoms with van der Waals surface area (Å²) in [5.41, 5.74) is 0.538. The number of sulfonamides is 1. The molecule has 164 valence electrons. The standard InChI is InChI=1S/C20H18F3N3O4S/c1-2-30-19(27)12-26-17(11-18(25-26)20(21,22)23)14-8-6-13(7-9-14)15-4-3-5-16(10-15)31(24,28)29/h3-11H,2,12H2,1H3,(H2,24,28,29). The first-order valence-electron chi connectivity index (χ1n) is 9.03. The van der Waals surface area contributed by atoms with Crippen LogP contribution in [-0.2, 0) is 32.3 Å². The summed E-state index contributed by atoms with van der Waals surface area (Å²) in [6, 6.07) is 13.2. The lowest BCUT2D eigenvalue weighted by Crippen LogP contribution is -2.16. The zero-order valence-corrected chi connectivity index (χ0v) is 17.1. The van der Waals surface area contributed by atoms with Gasteiger partial charge in [-0.2, -0.15) is 18.3 Å². The van der Waals surface area contributed by atoms with E-state index >= 15 is 0 Å². The number of primary sulfonamides is 1. The maximum absolute atomic E-state index is 13.2. The number of alkyl halides is 3. The Hall–Kier alpha value is -3.18. The van der Waals surface area contributed by atoms with E-state index in [2.05, 4.69) is 5.10 Å². The first-order chi connectivity index (χ1) is 14.5. The Kier molecular flexibility index (Phi) is 6.18. The van der Waals surface area contributed by atoms with E-state index in [1.807, 2.05) is 0 Å². The number of esters is 1. The van der Waals surface area contributed by atoms with Gasteiger partial charge in [-0.3, -0.25) is 9.48 Å². The fourth-order valence-corrected chi connectivity index (χ4v) is 3.48. The van der Waals surface area contributed by atoms with Crippen molar-refractivity contribution in [2.24, 2.45) is 5.14 Å². The summed E-state index contributed by atoms with van der Waals surface area (Å²) in [6.45, 7) is 1.21. The van der Waals surface area contributed by atoms with Gasteiger partial charge in [0.25, 0.3) is 0 Å². The van der Waals surface area contributed by atoms with Crippen LogP contribution < -0.4 is 5.14 Å². The monoisotopic (exact) mass is 453 g/mol. The van der Waals surface area contributed by atoms with Crippen molar-refractivity contribution in [1.29, 1.82) is 0 Å². The molecule has 0 aliphatic rings. The molecular formula is C20H18F3N3O4S. The number of ether oxygens (including phenoxy) is 1. The average molecular weight is 453 g/mol. The van der Waals surface area contributed by atoms with Crippen LogP contribution in [0.5, 0.6) is 0 Å². The number of carbonyl (C=O) groups is 1. The highest BCUT2D eigenvalue weighted by atomic mass is 32.2. The Bertz CT molecular complexity index is 1200. The van der Waals surface area contributed by atoms with Gasteiger partial charge < -0.3 is 4.74 Å². The van der Waals surface area contributed by atoms with E-state index in [1.54, 1.807) is 37.3 Å². The van der Waals surface area contributed by atoms with Crippen LogP contribution in [0.1, 0.15) is 12.6 Å². The highest BCUT2D eigenvalue weighted by Gasteiger charge is 2.35. The zero-order chi connectivity index (χ0) is 22.8. The van der Waals surface area contributed by atoms with E-state index in [9.17, 15) is 26.4 Å². The van der Waals surface area contributed by atoms with Gasteiger partial charge >= 0.3 is 12.1 Å². The van der Waals surface area contributed by atoms with Gasteiger partial charge in [-0.05, 0) is 41.8 Å². The van der Waals surface area contributed by atoms with Crippen LogP contribution in [0, 0.1) is 0 Å². The predicted octanol–water partition coefficient (Wildman–Crippen LogP) is 3.45. The zero-order valence-electron chi connectivity index (χ0n) is 16.3. The van der Waals surface area contributed by atoms with Crippen molar-refractivity contribution < 1.29 is 31.1 Å². The van der Waals surface area contributed by atoms with Gasteiger partial charge in [-0.25, -0.2) is 13.6 Å². The van der Waals surface area contributed by atoms with Crippen molar-refractivity contribution >= 4 is 16.0 Å². The van der Waals surface area contributed by atoms with Gasteiger partial charge in [0.2, 0.25) is 10.0 Å². The molecule has 1 aromatic heterocycles. The van der Waals surface area contributed by atoms with E-state index in [0.717, 1.165) is 10.7 Å². The van der Waals surface area contributed by atoms with Crippen LogP contribution in [0.3, 0.4) is 0 Å². The van der Waals surface area contributed by atoms with Crippen LogP contribution in [0.2, 0.25) is 0 Å². The van der Waals surface area contributed by atoms with Gasteiger partial charge in [0.15, 0.2) is 5.69 Å². The van der Waals surface area contributed by atoms with Crippen molar-refractivity contribution in [2.45, 2.75) is 24.5 Å². The highest BCUT2D eigenvalue weighted by molar-refractivity contribution is 7.89. The molecule has 3 rings (SSSR count). The predicted molar refractivity (Wildman–Crippen MR) is 106 cm³/mol. The molecule has 0 fully saturated rings. The molecule has 1 heterocycles. The molecule has 0 aliphatic heterocycles. The lowest BCUT2D eigenvalue weighted by atomic mass is 10.0. The Morgan fingerprint density at radius 3 is 2.29 bits per heavy atom. The summed E-state index contributed by atoms with van der Waals surface area (Å²) in [7, 11) is -3.88. The van der Waals surface area contributed by atoms with Crippen LogP contribution >= 0.6 is 0 Å². The molecule has 7 nitrogen and oxygen atoms in total. The topological polar surface area (TPSA) is 104 Å². The van der Waals surface area contributed by atoms with Gasteiger partial charge in [0.05, 0.1) is 17.2 Å². The normalized spacial score (nSPS) is 12.0. The molecule has 0 bridgehead atoms. The average Bonchev–Trinajstić information content (AvgIpc) is 3.12. The second-order valence-electron chi connectivity index (χ2n) is 6.53. The van der Waals surface area contributed by atoms with Crippen molar-refractivity contribution in [3.8, 4) is 22.4 Å². The number of aromatic nitrogens is 2. The largest absolute Gasteiger partial charge is 0.465 e. The SMILES string of the molecule is CCOC(=O)Cn1nc(C(F)(F)F)cc1-c1ccc(-c2cccc(S(N)(=O)=O)c2)cc1. The molecule has 0 amide bonds. The molecule has 0 saturated heterocycles. The highest BCUT2D eigenvalue weighted by Crippen LogP contribution is 2.33. The molecule has 3 aromatic rings. The third-order valence-electron chi connectivity index (χ3n) is 4.33. The van der Waals surface area contributed by atoms with E-state index in [-0.39, 0.29) is 17.2 Å². The number of benzene rings is 2. The number of hydrogen-bond acceptors (Lipinski definition) is 5. The van der Waals surface area contributed by atoms with E-state index < -0.39 is 34.4 Å². The number of nitrogens with zero attached hydrogens (tertiary/aromatic N) is 2. The fraction of sp³-hybridized carbons (Fsp3) is 0.200. The number of carbonyl (C=O) groups excluding carboxylic acids is 1.